The molecular formula is C10H16ClN3O2. The summed E-state index contributed by atoms with van der Waals surface area (Å²) in [6.45, 7) is 6.12. The molecule has 2 heterocycles. The van der Waals surface area contributed by atoms with E-state index < -0.39 is 0 Å². The number of carbonyl (C=O) groups is 1. The molecule has 1 atom stereocenters. The summed E-state index contributed by atoms with van der Waals surface area (Å²) >= 11 is 0. The quantitative estimate of drug-likeness (QED) is 0.797. The van der Waals surface area contributed by atoms with Gasteiger partial charge in [-0.15, -0.1) is 12.4 Å². The highest BCUT2D eigenvalue weighted by Gasteiger charge is 2.24. The van der Waals surface area contributed by atoms with E-state index in [1.165, 1.54) is 6.39 Å². The minimum Gasteiger partial charge on any atom is -0.448 e. The van der Waals surface area contributed by atoms with Crippen LogP contribution in [0.4, 0.5) is 0 Å². The van der Waals surface area contributed by atoms with Gasteiger partial charge in [0.1, 0.15) is 5.76 Å². The van der Waals surface area contributed by atoms with Crippen LogP contribution in [0.3, 0.4) is 0 Å². The summed E-state index contributed by atoms with van der Waals surface area (Å²) < 4.78 is 5.03. The first-order chi connectivity index (χ1) is 7.18. The lowest BCUT2D eigenvalue weighted by Gasteiger charge is -2.31. The number of halogens is 1. The van der Waals surface area contributed by atoms with E-state index in [-0.39, 0.29) is 18.3 Å². The summed E-state index contributed by atoms with van der Waals surface area (Å²) in [6, 6.07) is 0.343. The highest BCUT2D eigenvalue weighted by Crippen LogP contribution is 2.10. The van der Waals surface area contributed by atoms with Crippen molar-refractivity contribution >= 4 is 18.3 Å². The molecule has 0 spiro atoms. The Labute approximate surface area is 101 Å². The van der Waals surface area contributed by atoms with Gasteiger partial charge in [-0.05, 0) is 13.8 Å². The Morgan fingerprint density at radius 2 is 2.44 bits per heavy atom. The van der Waals surface area contributed by atoms with E-state index in [0.29, 0.717) is 17.5 Å². The van der Waals surface area contributed by atoms with Crippen molar-refractivity contribution in [2.75, 3.05) is 19.6 Å². The van der Waals surface area contributed by atoms with Gasteiger partial charge in [-0.2, -0.15) is 0 Å². The molecule has 1 aromatic heterocycles. The first-order valence-corrected chi connectivity index (χ1v) is 5.11. The van der Waals surface area contributed by atoms with Gasteiger partial charge in [-0.3, -0.25) is 4.79 Å². The third-order valence-corrected chi connectivity index (χ3v) is 2.60. The lowest BCUT2D eigenvalue weighted by atomic mass is 10.2. The molecule has 5 nitrogen and oxygen atoms in total. The van der Waals surface area contributed by atoms with Crippen molar-refractivity contribution in [3.63, 3.8) is 0 Å². The predicted molar refractivity (Wildman–Crippen MR) is 61.9 cm³/mol. The molecule has 1 fully saturated rings. The van der Waals surface area contributed by atoms with E-state index >= 15 is 0 Å². The van der Waals surface area contributed by atoms with Crippen LogP contribution in [0.1, 0.15) is 23.2 Å². The predicted octanol–water partition coefficient (Wildman–Crippen LogP) is 0.839. The van der Waals surface area contributed by atoms with Crippen molar-refractivity contribution in [3.8, 4) is 0 Å². The molecule has 0 bridgehead atoms. The number of nitrogens with zero attached hydrogens (tertiary/aromatic N) is 2. The second-order valence-corrected chi connectivity index (χ2v) is 3.86. The van der Waals surface area contributed by atoms with Crippen LogP contribution in [0.15, 0.2) is 10.8 Å². The summed E-state index contributed by atoms with van der Waals surface area (Å²) in [6.07, 6.45) is 1.31. The Kier molecular flexibility index (Phi) is 4.32. The van der Waals surface area contributed by atoms with Gasteiger partial charge in [-0.25, -0.2) is 4.98 Å². The molecule has 1 N–H and O–H groups in total. The van der Waals surface area contributed by atoms with Gasteiger partial charge in [0.15, 0.2) is 12.1 Å². The topological polar surface area (TPSA) is 58.4 Å². The normalized spacial score (nSPS) is 20.4. The van der Waals surface area contributed by atoms with Crippen molar-refractivity contribution in [2.24, 2.45) is 0 Å². The smallest absolute Gasteiger partial charge is 0.276 e. The Morgan fingerprint density at radius 1 is 1.69 bits per heavy atom. The van der Waals surface area contributed by atoms with Crippen molar-refractivity contribution in [2.45, 2.75) is 19.9 Å². The molecule has 0 radical (unpaired) electrons. The zero-order chi connectivity index (χ0) is 10.8. The number of hydrogen-bond acceptors (Lipinski definition) is 4. The largest absolute Gasteiger partial charge is 0.448 e. The second kappa shape index (κ2) is 5.32. The van der Waals surface area contributed by atoms with Crippen molar-refractivity contribution in [3.05, 3.63) is 17.8 Å². The number of aryl methyl sites for hydroxylation is 1. The Hall–Kier alpha value is -1.07. The molecule has 0 unspecified atom stereocenters. The average Bonchev–Trinajstić information content (AvgIpc) is 2.63. The zero-order valence-corrected chi connectivity index (χ0v) is 10.2. The van der Waals surface area contributed by atoms with Gasteiger partial charge in [0, 0.05) is 25.7 Å². The average molecular weight is 246 g/mol. The molecule has 0 aliphatic carbocycles. The molecule has 1 aromatic rings. The first kappa shape index (κ1) is 13.0. The maximum atomic E-state index is 12.0. The summed E-state index contributed by atoms with van der Waals surface area (Å²) in [4.78, 5) is 17.8. The van der Waals surface area contributed by atoms with Gasteiger partial charge in [-0.1, -0.05) is 0 Å². The number of piperazine rings is 1. The summed E-state index contributed by atoms with van der Waals surface area (Å²) in [5, 5.41) is 3.29. The SMILES string of the molecule is Cc1ocnc1C(=O)N1CCN[C@@H](C)C1.Cl. The van der Waals surface area contributed by atoms with Gasteiger partial charge < -0.3 is 14.6 Å². The van der Waals surface area contributed by atoms with Crippen LogP contribution in [0, 0.1) is 6.92 Å². The van der Waals surface area contributed by atoms with E-state index in [1.807, 2.05) is 4.90 Å². The molecule has 0 aromatic carbocycles. The Morgan fingerprint density at radius 3 is 3.00 bits per heavy atom. The standard InChI is InChI=1S/C10H15N3O2.ClH/c1-7-5-13(4-3-11-7)10(14)9-8(2)15-6-12-9;/h6-7,11H,3-5H2,1-2H3;1H/t7-;/m0./s1. The number of carbonyl (C=O) groups excluding carboxylic acids is 1. The Bertz CT molecular complexity index is 367. The summed E-state index contributed by atoms with van der Waals surface area (Å²) in [7, 11) is 0. The molecule has 6 heteroatoms. The highest BCUT2D eigenvalue weighted by molar-refractivity contribution is 5.93. The van der Waals surface area contributed by atoms with E-state index in [2.05, 4.69) is 17.2 Å². The second-order valence-electron chi connectivity index (χ2n) is 3.86. The number of nitrogens with one attached hydrogen (secondary N) is 1. The minimum atomic E-state index is -0.0328. The molecule has 1 amide bonds. The number of amides is 1. The fourth-order valence-electron chi connectivity index (χ4n) is 1.78. The van der Waals surface area contributed by atoms with Crippen LogP contribution >= 0.6 is 12.4 Å². The van der Waals surface area contributed by atoms with Crippen LogP contribution in [0.25, 0.3) is 0 Å². The molecular weight excluding hydrogens is 230 g/mol. The van der Waals surface area contributed by atoms with Crippen molar-refractivity contribution < 1.29 is 9.21 Å². The zero-order valence-electron chi connectivity index (χ0n) is 9.40. The maximum Gasteiger partial charge on any atom is 0.276 e. The van der Waals surface area contributed by atoms with Crippen LogP contribution in [-0.2, 0) is 0 Å². The van der Waals surface area contributed by atoms with Crippen LogP contribution in [0.2, 0.25) is 0 Å². The summed E-state index contributed by atoms with van der Waals surface area (Å²) in [5.74, 6) is 0.556. The van der Waals surface area contributed by atoms with E-state index in [1.54, 1.807) is 6.92 Å². The van der Waals surface area contributed by atoms with E-state index in [0.717, 1.165) is 19.6 Å². The number of hydrogen-bond donors (Lipinski definition) is 1. The molecule has 1 saturated heterocycles. The lowest BCUT2D eigenvalue weighted by Crippen LogP contribution is -2.51. The molecule has 1 aliphatic rings. The number of rotatable bonds is 1. The van der Waals surface area contributed by atoms with E-state index in [9.17, 15) is 4.79 Å². The fraction of sp³-hybridized carbons (Fsp3) is 0.600. The number of oxazole rings is 1. The minimum absolute atomic E-state index is 0. The molecule has 90 valence electrons. The van der Waals surface area contributed by atoms with Crippen molar-refractivity contribution in [1.29, 1.82) is 0 Å². The number of aromatic nitrogens is 1. The third-order valence-electron chi connectivity index (χ3n) is 2.60. The van der Waals surface area contributed by atoms with E-state index in [4.69, 9.17) is 4.42 Å². The summed E-state index contributed by atoms with van der Waals surface area (Å²) in [5.41, 5.74) is 0.434. The molecule has 0 saturated carbocycles. The van der Waals surface area contributed by atoms with Crippen LogP contribution in [0.5, 0.6) is 0 Å². The third kappa shape index (κ3) is 2.54. The monoisotopic (exact) mass is 245 g/mol. The van der Waals surface area contributed by atoms with Crippen LogP contribution < -0.4 is 5.32 Å². The highest BCUT2D eigenvalue weighted by atomic mass is 35.5. The lowest BCUT2D eigenvalue weighted by molar-refractivity contribution is 0.0702. The maximum absolute atomic E-state index is 12.0. The fourth-order valence-corrected chi connectivity index (χ4v) is 1.78. The van der Waals surface area contributed by atoms with Gasteiger partial charge in [0.2, 0.25) is 0 Å². The molecule has 1 aliphatic heterocycles. The molecule has 16 heavy (non-hydrogen) atoms. The molecule has 2 rings (SSSR count). The van der Waals surface area contributed by atoms with Crippen molar-refractivity contribution in [1.82, 2.24) is 15.2 Å². The first-order valence-electron chi connectivity index (χ1n) is 5.11. The van der Waals surface area contributed by atoms with Gasteiger partial charge in [0.05, 0.1) is 0 Å². The van der Waals surface area contributed by atoms with Gasteiger partial charge in [0.25, 0.3) is 5.91 Å². The Balaban J connectivity index is 0.00000128. The van der Waals surface area contributed by atoms with Gasteiger partial charge >= 0.3 is 0 Å². The van der Waals surface area contributed by atoms with Crippen LogP contribution in [-0.4, -0.2) is 41.5 Å².